The summed E-state index contributed by atoms with van der Waals surface area (Å²) in [7, 11) is 1.91. The number of aromatic nitrogens is 4. The van der Waals surface area contributed by atoms with Gasteiger partial charge in [0.2, 0.25) is 0 Å². The standard InChI is InChI=1S/C16H18N6O.ClH/c1-11(17-2)8-14-21-16(23-22-14)12-4-3-5-13(9-12)20-15-10-18-6-7-19-15;/h3-7,9-11,17H,8H2,1-2H3,(H,19,20);1H. The fourth-order valence-corrected chi connectivity index (χ4v) is 2.07. The summed E-state index contributed by atoms with van der Waals surface area (Å²) in [5, 5.41) is 10.4. The zero-order valence-corrected chi connectivity index (χ0v) is 14.2. The molecule has 3 aromatic rings. The Morgan fingerprint density at radius 2 is 2.12 bits per heavy atom. The Morgan fingerprint density at radius 3 is 2.88 bits per heavy atom. The first-order valence-electron chi connectivity index (χ1n) is 7.38. The predicted molar refractivity (Wildman–Crippen MR) is 94.5 cm³/mol. The summed E-state index contributed by atoms with van der Waals surface area (Å²) in [4.78, 5) is 12.7. The van der Waals surface area contributed by atoms with Crippen molar-refractivity contribution in [3.63, 3.8) is 0 Å². The molecule has 7 nitrogen and oxygen atoms in total. The average Bonchev–Trinajstić information content (AvgIpc) is 3.04. The van der Waals surface area contributed by atoms with E-state index in [4.69, 9.17) is 4.52 Å². The molecule has 2 N–H and O–H groups in total. The first-order chi connectivity index (χ1) is 11.2. The van der Waals surface area contributed by atoms with E-state index in [1.807, 2.05) is 31.3 Å². The molecule has 0 aliphatic heterocycles. The van der Waals surface area contributed by atoms with Crippen LogP contribution in [0.25, 0.3) is 11.5 Å². The third-order valence-electron chi connectivity index (χ3n) is 3.39. The minimum absolute atomic E-state index is 0. The van der Waals surface area contributed by atoms with Gasteiger partial charge in [-0.25, -0.2) is 4.98 Å². The van der Waals surface area contributed by atoms with Gasteiger partial charge in [-0.1, -0.05) is 11.2 Å². The molecule has 126 valence electrons. The molecule has 0 bridgehead atoms. The van der Waals surface area contributed by atoms with Crippen molar-refractivity contribution in [1.82, 2.24) is 25.4 Å². The average molecular weight is 347 g/mol. The van der Waals surface area contributed by atoms with Gasteiger partial charge < -0.3 is 15.2 Å². The topological polar surface area (TPSA) is 88.8 Å². The number of halogens is 1. The molecule has 0 fully saturated rings. The van der Waals surface area contributed by atoms with Crippen LogP contribution in [-0.4, -0.2) is 33.2 Å². The molecule has 1 atom stereocenters. The van der Waals surface area contributed by atoms with E-state index in [1.54, 1.807) is 18.6 Å². The summed E-state index contributed by atoms with van der Waals surface area (Å²) in [5.74, 6) is 1.87. The van der Waals surface area contributed by atoms with Crippen molar-refractivity contribution in [1.29, 1.82) is 0 Å². The summed E-state index contributed by atoms with van der Waals surface area (Å²) in [6, 6.07) is 8.03. The lowest BCUT2D eigenvalue weighted by Gasteiger charge is -2.05. The second-order valence-corrected chi connectivity index (χ2v) is 5.21. The summed E-state index contributed by atoms with van der Waals surface area (Å²) in [6.45, 7) is 2.07. The fraction of sp³-hybridized carbons (Fsp3) is 0.250. The highest BCUT2D eigenvalue weighted by molar-refractivity contribution is 5.85. The Hall–Kier alpha value is -2.51. The lowest BCUT2D eigenvalue weighted by molar-refractivity contribution is 0.418. The molecule has 8 heteroatoms. The van der Waals surface area contributed by atoms with Crippen LogP contribution in [0, 0.1) is 0 Å². The molecule has 0 saturated carbocycles. The minimum atomic E-state index is 0. The zero-order valence-electron chi connectivity index (χ0n) is 13.4. The highest BCUT2D eigenvalue weighted by Crippen LogP contribution is 2.23. The number of likely N-dealkylation sites (N-methyl/N-ethyl adjacent to an activating group) is 1. The normalized spacial score (nSPS) is 11.6. The van der Waals surface area contributed by atoms with Crippen LogP contribution in [0.5, 0.6) is 0 Å². The fourth-order valence-electron chi connectivity index (χ4n) is 2.07. The summed E-state index contributed by atoms with van der Waals surface area (Å²) < 4.78 is 5.36. The number of benzene rings is 1. The number of anilines is 2. The van der Waals surface area contributed by atoms with Crippen LogP contribution < -0.4 is 10.6 Å². The Labute approximate surface area is 146 Å². The highest BCUT2D eigenvalue weighted by Gasteiger charge is 2.11. The van der Waals surface area contributed by atoms with Gasteiger partial charge in [-0.2, -0.15) is 4.98 Å². The van der Waals surface area contributed by atoms with E-state index in [1.165, 1.54) is 0 Å². The van der Waals surface area contributed by atoms with Crippen molar-refractivity contribution in [3.05, 3.63) is 48.7 Å². The molecule has 24 heavy (non-hydrogen) atoms. The van der Waals surface area contributed by atoms with Gasteiger partial charge in [0.1, 0.15) is 5.82 Å². The molecular weight excluding hydrogens is 328 g/mol. The maximum atomic E-state index is 5.36. The third-order valence-corrected chi connectivity index (χ3v) is 3.39. The molecule has 0 aliphatic rings. The largest absolute Gasteiger partial charge is 0.339 e. The summed E-state index contributed by atoms with van der Waals surface area (Å²) in [5.41, 5.74) is 1.74. The second-order valence-electron chi connectivity index (χ2n) is 5.21. The van der Waals surface area contributed by atoms with Crippen molar-refractivity contribution in [3.8, 4) is 11.5 Å². The maximum absolute atomic E-state index is 5.36. The SMILES string of the molecule is CNC(C)Cc1noc(-c2cccc(Nc3cnccn3)c2)n1.Cl. The predicted octanol–water partition coefficient (Wildman–Crippen LogP) is 2.84. The zero-order chi connectivity index (χ0) is 16.1. The van der Waals surface area contributed by atoms with Gasteiger partial charge in [-0.05, 0) is 32.2 Å². The maximum Gasteiger partial charge on any atom is 0.257 e. The van der Waals surface area contributed by atoms with Crippen LogP contribution in [0.2, 0.25) is 0 Å². The lowest BCUT2D eigenvalue weighted by atomic mass is 10.2. The van der Waals surface area contributed by atoms with Crippen LogP contribution in [0.4, 0.5) is 11.5 Å². The van der Waals surface area contributed by atoms with Gasteiger partial charge in [0.25, 0.3) is 5.89 Å². The van der Waals surface area contributed by atoms with Gasteiger partial charge in [-0.3, -0.25) is 4.98 Å². The summed E-state index contributed by atoms with van der Waals surface area (Å²) >= 11 is 0. The van der Waals surface area contributed by atoms with Crippen LogP contribution in [0.1, 0.15) is 12.7 Å². The van der Waals surface area contributed by atoms with Crippen molar-refractivity contribution < 1.29 is 4.52 Å². The Morgan fingerprint density at radius 1 is 1.25 bits per heavy atom. The van der Waals surface area contributed by atoms with Crippen LogP contribution >= 0.6 is 12.4 Å². The molecule has 0 amide bonds. The van der Waals surface area contributed by atoms with E-state index in [0.717, 1.165) is 17.7 Å². The molecule has 2 aromatic heterocycles. The van der Waals surface area contributed by atoms with E-state index in [9.17, 15) is 0 Å². The molecule has 2 heterocycles. The number of nitrogens with one attached hydrogen (secondary N) is 2. The summed E-state index contributed by atoms with van der Waals surface area (Å²) in [6.07, 6.45) is 5.65. The number of nitrogens with zero attached hydrogens (tertiary/aromatic N) is 4. The molecule has 3 rings (SSSR count). The van der Waals surface area contributed by atoms with E-state index < -0.39 is 0 Å². The van der Waals surface area contributed by atoms with Crippen molar-refractivity contribution >= 4 is 23.9 Å². The van der Waals surface area contributed by atoms with Gasteiger partial charge in [0.15, 0.2) is 5.82 Å². The van der Waals surface area contributed by atoms with Gasteiger partial charge in [-0.15, -0.1) is 12.4 Å². The van der Waals surface area contributed by atoms with Crippen LogP contribution in [0.15, 0.2) is 47.4 Å². The second kappa shape index (κ2) is 8.37. The Balaban J connectivity index is 0.00000208. The Kier molecular flexibility index (Phi) is 6.22. The molecule has 0 saturated heterocycles. The first kappa shape index (κ1) is 17.8. The van der Waals surface area contributed by atoms with Crippen molar-refractivity contribution in [2.75, 3.05) is 12.4 Å². The molecule has 1 unspecified atom stereocenters. The monoisotopic (exact) mass is 346 g/mol. The van der Waals surface area contributed by atoms with Gasteiger partial charge in [0.05, 0.1) is 6.20 Å². The third kappa shape index (κ3) is 4.50. The van der Waals surface area contributed by atoms with Crippen LogP contribution in [0.3, 0.4) is 0 Å². The van der Waals surface area contributed by atoms with Gasteiger partial charge in [0, 0.05) is 36.1 Å². The molecule has 0 spiro atoms. The minimum Gasteiger partial charge on any atom is -0.339 e. The molecule has 1 aromatic carbocycles. The lowest BCUT2D eigenvalue weighted by Crippen LogP contribution is -2.24. The van der Waals surface area contributed by atoms with Crippen LogP contribution in [-0.2, 0) is 6.42 Å². The first-order valence-corrected chi connectivity index (χ1v) is 7.38. The quantitative estimate of drug-likeness (QED) is 0.709. The van der Waals surface area contributed by atoms with E-state index in [0.29, 0.717) is 23.6 Å². The molecular formula is C16H19ClN6O. The highest BCUT2D eigenvalue weighted by atomic mass is 35.5. The van der Waals surface area contributed by atoms with Crippen molar-refractivity contribution in [2.45, 2.75) is 19.4 Å². The van der Waals surface area contributed by atoms with E-state index >= 15 is 0 Å². The van der Waals surface area contributed by atoms with E-state index in [-0.39, 0.29) is 12.4 Å². The number of hydrogen-bond donors (Lipinski definition) is 2. The Bertz CT molecular complexity index is 764. The molecule has 0 radical (unpaired) electrons. The van der Waals surface area contributed by atoms with Gasteiger partial charge >= 0.3 is 0 Å². The smallest absolute Gasteiger partial charge is 0.257 e. The van der Waals surface area contributed by atoms with E-state index in [2.05, 4.69) is 37.7 Å². The van der Waals surface area contributed by atoms with Crippen molar-refractivity contribution in [2.24, 2.45) is 0 Å². The molecule has 0 aliphatic carbocycles. The number of rotatable bonds is 6. The number of hydrogen-bond acceptors (Lipinski definition) is 7.